The van der Waals surface area contributed by atoms with Gasteiger partial charge in [-0.15, -0.1) is 0 Å². The molecule has 2 heterocycles. The van der Waals surface area contributed by atoms with E-state index in [1.54, 1.807) is 11.5 Å². The summed E-state index contributed by atoms with van der Waals surface area (Å²) in [6.07, 6.45) is 2.10. The minimum absolute atomic E-state index is 0.185. The fourth-order valence-corrected chi connectivity index (χ4v) is 3.67. The smallest absolute Gasteiger partial charge is 0.268 e. The van der Waals surface area contributed by atoms with Gasteiger partial charge in [-0.2, -0.15) is 0 Å². The average molecular weight is 248 g/mol. The molecular weight excluding hydrogens is 232 g/mol. The van der Waals surface area contributed by atoms with Crippen LogP contribution in [0.2, 0.25) is 0 Å². The van der Waals surface area contributed by atoms with E-state index in [1.165, 1.54) is 0 Å². The second kappa shape index (κ2) is 4.27. The first kappa shape index (κ1) is 11.0. The molecule has 4 heteroatoms. The van der Waals surface area contributed by atoms with Crippen molar-refractivity contribution < 1.29 is 0 Å². The second-order valence-corrected chi connectivity index (χ2v) is 5.77. The summed E-state index contributed by atoms with van der Waals surface area (Å²) in [7, 11) is 0. The Bertz CT molecular complexity index is 586. The molecule has 2 unspecified atom stereocenters. The van der Waals surface area contributed by atoms with Crippen LogP contribution in [0.15, 0.2) is 29.1 Å². The van der Waals surface area contributed by atoms with E-state index in [4.69, 9.17) is 0 Å². The summed E-state index contributed by atoms with van der Waals surface area (Å²) in [4.78, 5) is 12.3. The molecule has 17 heavy (non-hydrogen) atoms. The first-order valence-corrected chi connectivity index (χ1v) is 6.87. The van der Waals surface area contributed by atoms with Crippen LogP contribution < -0.4 is 10.9 Å². The molecule has 1 saturated heterocycles. The molecule has 0 spiro atoms. The van der Waals surface area contributed by atoms with Gasteiger partial charge in [0, 0.05) is 6.04 Å². The van der Waals surface area contributed by atoms with E-state index in [2.05, 4.69) is 12.2 Å². The average Bonchev–Trinajstić information content (AvgIpc) is 2.68. The predicted molar refractivity (Wildman–Crippen MR) is 71.8 cm³/mol. The molecule has 0 amide bonds. The molecule has 3 rings (SSSR count). The van der Waals surface area contributed by atoms with E-state index in [0.29, 0.717) is 12.1 Å². The molecule has 0 radical (unpaired) electrons. The Balaban J connectivity index is 2.05. The number of hydrogen-bond donors (Lipinski definition) is 1. The summed E-state index contributed by atoms with van der Waals surface area (Å²) >= 11 is 1.61. The molecule has 0 bridgehead atoms. The fraction of sp³-hybridized carbons (Fsp3) is 0.462. The van der Waals surface area contributed by atoms with Crippen molar-refractivity contribution in [3.05, 3.63) is 34.6 Å². The lowest BCUT2D eigenvalue weighted by Gasteiger charge is -2.27. The van der Waals surface area contributed by atoms with Crippen LogP contribution in [0.25, 0.3) is 10.1 Å². The maximum atomic E-state index is 12.3. The number of nitrogens with zero attached hydrogens (tertiary/aromatic N) is 1. The van der Waals surface area contributed by atoms with Crippen molar-refractivity contribution in [2.24, 2.45) is 0 Å². The van der Waals surface area contributed by atoms with Crippen LogP contribution in [0.1, 0.15) is 25.8 Å². The third kappa shape index (κ3) is 1.91. The Hall–Kier alpha value is -1.13. The maximum absolute atomic E-state index is 12.3. The standard InChI is InChI=1S/C13H16N2OS/c1-9-8-10(6-7-14-9)15-13(16)11-4-2-3-5-12(11)17-15/h2-5,9-10,14H,6-8H2,1H3. The SMILES string of the molecule is CC1CC(n2sc3ccccc3c2=O)CCN1. The van der Waals surface area contributed by atoms with Crippen LogP contribution in [-0.4, -0.2) is 16.5 Å². The number of nitrogens with one attached hydrogen (secondary N) is 1. The molecule has 1 aliphatic rings. The number of benzene rings is 1. The Kier molecular flexibility index (Phi) is 2.76. The summed E-state index contributed by atoms with van der Waals surface area (Å²) in [6, 6.07) is 8.76. The molecule has 1 fully saturated rings. The van der Waals surface area contributed by atoms with Crippen molar-refractivity contribution in [2.45, 2.75) is 31.8 Å². The topological polar surface area (TPSA) is 34.0 Å². The lowest BCUT2D eigenvalue weighted by atomic mass is 10.0. The molecule has 1 N–H and O–H groups in total. The highest BCUT2D eigenvalue weighted by atomic mass is 32.1. The van der Waals surface area contributed by atoms with E-state index in [1.807, 2.05) is 28.2 Å². The van der Waals surface area contributed by atoms with E-state index in [0.717, 1.165) is 29.5 Å². The van der Waals surface area contributed by atoms with Gasteiger partial charge in [0.1, 0.15) is 0 Å². The van der Waals surface area contributed by atoms with Crippen LogP contribution in [-0.2, 0) is 0 Å². The maximum Gasteiger partial charge on any atom is 0.268 e. The Morgan fingerprint density at radius 1 is 1.41 bits per heavy atom. The van der Waals surface area contributed by atoms with Crippen LogP contribution in [0, 0.1) is 0 Å². The summed E-state index contributed by atoms with van der Waals surface area (Å²) < 4.78 is 3.07. The van der Waals surface area contributed by atoms with Crippen molar-refractivity contribution in [1.82, 2.24) is 9.27 Å². The largest absolute Gasteiger partial charge is 0.314 e. The number of aromatic nitrogens is 1. The number of rotatable bonds is 1. The third-order valence-electron chi connectivity index (χ3n) is 3.44. The van der Waals surface area contributed by atoms with Crippen molar-refractivity contribution in [3.8, 4) is 0 Å². The van der Waals surface area contributed by atoms with Crippen LogP contribution in [0.5, 0.6) is 0 Å². The van der Waals surface area contributed by atoms with Crippen molar-refractivity contribution in [1.29, 1.82) is 0 Å². The van der Waals surface area contributed by atoms with Crippen LogP contribution >= 0.6 is 11.5 Å². The Morgan fingerprint density at radius 3 is 3.00 bits per heavy atom. The molecule has 2 atom stereocenters. The molecule has 0 aliphatic carbocycles. The van der Waals surface area contributed by atoms with Gasteiger partial charge < -0.3 is 5.32 Å². The lowest BCUT2D eigenvalue weighted by Crippen LogP contribution is -2.38. The quantitative estimate of drug-likeness (QED) is 0.840. The minimum atomic E-state index is 0.185. The fourth-order valence-electron chi connectivity index (χ4n) is 2.55. The highest BCUT2D eigenvalue weighted by Gasteiger charge is 2.22. The zero-order valence-corrected chi connectivity index (χ0v) is 10.7. The molecule has 1 aromatic heterocycles. The van der Waals surface area contributed by atoms with Crippen molar-refractivity contribution in [3.63, 3.8) is 0 Å². The number of hydrogen-bond acceptors (Lipinski definition) is 3. The minimum Gasteiger partial charge on any atom is -0.314 e. The van der Waals surface area contributed by atoms with E-state index >= 15 is 0 Å². The van der Waals surface area contributed by atoms with Gasteiger partial charge in [-0.1, -0.05) is 23.7 Å². The predicted octanol–water partition coefficient (Wildman–Crippen LogP) is 2.38. The van der Waals surface area contributed by atoms with Gasteiger partial charge in [0.25, 0.3) is 5.56 Å². The zero-order valence-electron chi connectivity index (χ0n) is 9.85. The molecule has 1 aliphatic heterocycles. The van der Waals surface area contributed by atoms with Gasteiger partial charge in [-0.3, -0.25) is 8.75 Å². The van der Waals surface area contributed by atoms with Crippen LogP contribution in [0.4, 0.5) is 0 Å². The van der Waals surface area contributed by atoms with Gasteiger partial charge in [-0.05, 0) is 38.4 Å². The van der Waals surface area contributed by atoms with Gasteiger partial charge in [0.05, 0.1) is 16.1 Å². The van der Waals surface area contributed by atoms with Gasteiger partial charge in [0.2, 0.25) is 0 Å². The zero-order chi connectivity index (χ0) is 11.8. The Morgan fingerprint density at radius 2 is 2.24 bits per heavy atom. The highest BCUT2D eigenvalue weighted by Crippen LogP contribution is 2.26. The second-order valence-electron chi connectivity index (χ2n) is 4.75. The third-order valence-corrected chi connectivity index (χ3v) is 4.66. The first-order chi connectivity index (χ1) is 8.25. The monoisotopic (exact) mass is 248 g/mol. The molecule has 3 nitrogen and oxygen atoms in total. The summed E-state index contributed by atoms with van der Waals surface area (Å²) in [5.74, 6) is 0. The normalized spacial score (nSPS) is 25.2. The van der Waals surface area contributed by atoms with E-state index < -0.39 is 0 Å². The molecule has 90 valence electrons. The summed E-state index contributed by atoms with van der Waals surface area (Å²) in [5, 5.41) is 4.29. The molecular formula is C13H16N2OS. The Labute approximate surface area is 104 Å². The van der Waals surface area contributed by atoms with Crippen LogP contribution in [0.3, 0.4) is 0 Å². The van der Waals surface area contributed by atoms with E-state index in [9.17, 15) is 4.79 Å². The first-order valence-electron chi connectivity index (χ1n) is 6.09. The number of fused-ring (bicyclic) bond motifs is 1. The summed E-state index contributed by atoms with van der Waals surface area (Å²) in [6.45, 7) is 3.19. The molecule has 0 saturated carbocycles. The molecule has 2 aromatic rings. The van der Waals surface area contributed by atoms with E-state index in [-0.39, 0.29) is 5.56 Å². The van der Waals surface area contributed by atoms with Gasteiger partial charge >= 0.3 is 0 Å². The number of piperidine rings is 1. The van der Waals surface area contributed by atoms with Gasteiger partial charge in [-0.25, -0.2) is 0 Å². The lowest BCUT2D eigenvalue weighted by molar-refractivity contribution is 0.323. The molecule has 1 aromatic carbocycles. The van der Waals surface area contributed by atoms with Gasteiger partial charge in [0.15, 0.2) is 0 Å². The highest BCUT2D eigenvalue weighted by molar-refractivity contribution is 7.13. The summed E-state index contributed by atoms with van der Waals surface area (Å²) in [5.41, 5.74) is 0.185. The van der Waals surface area contributed by atoms with Crippen molar-refractivity contribution >= 4 is 21.6 Å². The van der Waals surface area contributed by atoms with Crippen molar-refractivity contribution in [2.75, 3.05) is 6.54 Å².